The maximum Gasteiger partial charge on any atom is 0.335 e. The SMILES string of the molecule is CCOc1ccccc1C1CC(c2c(O)n(-c3ccccc3C)c(=O)[nH]c2=O)=NN1C(=O)CC. The van der Waals surface area contributed by atoms with Crippen LogP contribution < -0.4 is 16.0 Å². The summed E-state index contributed by atoms with van der Waals surface area (Å²) in [5.41, 5.74) is 0.436. The van der Waals surface area contributed by atoms with Gasteiger partial charge in [0.1, 0.15) is 11.3 Å². The number of amides is 1. The van der Waals surface area contributed by atoms with E-state index in [9.17, 15) is 19.5 Å². The Bertz CT molecular complexity index is 1390. The normalized spacial score (nSPS) is 15.3. The van der Waals surface area contributed by atoms with Crippen molar-refractivity contribution in [1.29, 1.82) is 0 Å². The zero-order valence-electron chi connectivity index (χ0n) is 19.2. The first-order valence-corrected chi connectivity index (χ1v) is 11.1. The summed E-state index contributed by atoms with van der Waals surface area (Å²) < 4.78 is 6.80. The Morgan fingerprint density at radius 3 is 2.56 bits per heavy atom. The van der Waals surface area contributed by atoms with Gasteiger partial charge in [-0.25, -0.2) is 14.4 Å². The predicted octanol–water partition coefficient (Wildman–Crippen LogP) is 3.03. The number of para-hydroxylation sites is 2. The summed E-state index contributed by atoms with van der Waals surface area (Å²) in [5, 5.41) is 16.9. The largest absolute Gasteiger partial charge is 0.494 e. The van der Waals surface area contributed by atoms with Crippen molar-refractivity contribution in [2.75, 3.05) is 6.61 Å². The summed E-state index contributed by atoms with van der Waals surface area (Å²) in [4.78, 5) is 40.5. The zero-order valence-corrected chi connectivity index (χ0v) is 19.2. The van der Waals surface area contributed by atoms with E-state index in [2.05, 4.69) is 10.1 Å². The molecule has 34 heavy (non-hydrogen) atoms. The smallest absolute Gasteiger partial charge is 0.335 e. The van der Waals surface area contributed by atoms with Crippen LogP contribution in [0.15, 0.2) is 63.2 Å². The molecule has 2 heterocycles. The number of hydrazone groups is 1. The summed E-state index contributed by atoms with van der Waals surface area (Å²) in [6.07, 6.45) is 0.369. The van der Waals surface area contributed by atoms with E-state index in [0.29, 0.717) is 18.0 Å². The topological polar surface area (TPSA) is 117 Å². The highest BCUT2D eigenvalue weighted by molar-refractivity contribution is 6.04. The molecule has 9 nitrogen and oxygen atoms in total. The third-order valence-electron chi connectivity index (χ3n) is 5.78. The van der Waals surface area contributed by atoms with Crippen LogP contribution in [0.2, 0.25) is 0 Å². The van der Waals surface area contributed by atoms with Crippen molar-refractivity contribution in [3.8, 4) is 17.3 Å². The van der Waals surface area contributed by atoms with Crippen LogP contribution >= 0.6 is 0 Å². The third kappa shape index (κ3) is 4.00. The molecule has 0 aliphatic carbocycles. The fraction of sp³-hybridized carbons (Fsp3) is 0.280. The minimum Gasteiger partial charge on any atom is -0.494 e. The molecule has 1 amide bonds. The van der Waals surface area contributed by atoms with Crippen molar-refractivity contribution >= 4 is 11.6 Å². The van der Waals surface area contributed by atoms with E-state index in [4.69, 9.17) is 4.74 Å². The number of H-pyrrole nitrogens is 1. The summed E-state index contributed by atoms with van der Waals surface area (Å²) in [6.45, 7) is 5.83. The van der Waals surface area contributed by atoms with Crippen molar-refractivity contribution in [2.45, 2.75) is 39.7 Å². The molecule has 9 heteroatoms. The fourth-order valence-electron chi connectivity index (χ4n) is 4.16. The monoisotopic (exact) mass is 462 g/mol. The second kappa shape index (κ2) is 9.38. The Hall–Kier alpha value is -4.14. The Kier molecular flexibility index (Phi) is 6.36. The molecule has 0 spiro atoms. The molecule has 0 fully saturated rings. The van der Waals surface area contributed by atoms with E-state index in [1.54, 1.807) is 32.0 Å². The number of carbonyl (C=O) groups excluding carboxylic acids is 1. The molecule has 0 bridgehead atoms. The van der Waals surface area contributed by atoms with Gasteiger partial charge in [0.05, 0.1) is 24.0 Å². The highest BCUT2D eigenvalue weighted by Crippen LogP contribution is 2.38. The number of ether oxygens (including phenoxy) is 1. The minimum atomic E-state index is -0.770. The highest BCUT2D eigenvalue weighted by Gasteiger charge is 2.36. The van der Waals surface area contributed by atoms with Crippen LogP contribution in [-0.4, -0.2) is 37.9 Å². The van der Waals surface area contributed by atoms with Gasteiger partial charge in [-0.2, -0.15) is 5.10 Å². The molecule has 1 aromatic heterocycles. The number of hydrogen-bond donors (Lipinski definition) is 2. The van der Waals surface area contributed by atoms with Gasteiger partial charge in [0.25, 0.3) is 5.56 Å². The number of aromatic nitrogens is 2. The molecular formula is C25H26N4O5. The molecule has 2 aromatic carbocycles. The summed E-state index contributed by atoms with van der Waals surface area (Å²) in [5.74, 6) is -0.151. The van der Waals surface area contributed by atoms with Crippen LogP contribution in [0, 0.1) is 6.92 Å². The van der Waals surface area contributed by atoms with Gasteiger partial charge < -0.3 is 9.84 Å². The quantitative estimate of drug-likeness (QED) is 0.584. The first-order valence-electron chi connectivity index (χ1n) is 11.1. The van der Waals surface area contributed by atoms with Gasteiger partial charge in [-0.1, -0.05) is 43.3 Å². The van der Waals surface area contributed by atoms with E-state index in [-0.39, 0.29) is 30.0 Å². The van der Waals surface area contributed by atoms with E-state index >= 15 is 0 Å². The van der Waals surface area contributed by atoms with E-state index < -0.39 is 23.2 Å². The Morgan fingerprint density at radius 1 is 1.15 bits per heavy atom. The lowest BCUT2D eigenvalue weighted by atomic mass is 9.98. The number of carbonyl (C=O) groups is 1. The third-order valence-corrected chi connectivity index (χ3v) is 5.78. The first-order chi connectivity index (χ1) is 16.4. The molecule has 0 radical (unpaired) electrons. The van der Waals surface area contributed by atoms with Crippen LogP contribution in [0.4, 0.5) is 0 Å². The molecule has 0 saturated heterocycles. The zero-order chi connectivity index (χ0) is 24.4. The lowest BCUT2D eigenvalue weighted by molar-refractivity contribution is -0.132. The molecule has 3 aromatic rings. The number of aryl methyl sites for hydroxylation is 1. The van der Waals surface area contributed by atoms with Crippen molar-refractivity contribution in [1.82, 2.24) is 14.6 Å². The second-order valence-corrected chi connectivity index (χ2v) is 7.91. The average Bonchev–Trinajstić information content (AvgIpc) is 3.24. The molecule has 0 saturated carbocycles. The van der Waals surface area contributed by atoms with Crippen LogP contribution in [0.5, 0.6) is 11.6 Å². The number of benzene rings is 2. The highest BCUT2D eigenvalue weighted by atomic mass is 16.5. The summed E-state index contributed by atoms with van der Waals surface area (Å²) in [7, 11) is 0. The van der Waals surface area contributed by atoms with Crippen LogP contribution in [0.3, 0.4) is 0 Å². The number of nitrogens with zero attached hydrogens (tertiary/aromatic N) is 3. The second-order valence-electron chi connectivity index (χ2n) is 7.91. The lowest BCUT2D eigenvalue weighted by Crippen LogP contribution is -2.33. The fourth-order valence-corrected chi connectivity index (χ4v) is 4.16. The molecule has 1 aliphatic heterocycles. The maximum atomic E-state index is 12.8. The van der Waals surface area contributed by atoms with Crippen molar-refractivity contribution in [2.24, 2.45) is 5.10 Å². The predicted molar refractivity (Wildman–Crippen MR) is 128 cm³/mol. The molecule has 1 aliphatic rings. The number of rotatable bonds is 6. The standard InChI is InChI=1S/C25H26N4O5/c1-4-21(30)29-19(16-11-7-9-13-20(16)34-5-2)14-17(27-29)22-23(31)26-25(33)28(24(22)32)18-12-8-6-10-15(18)3/h6-13,19,32H,4-5,14H2,1-3H3,(H,26,31,33). The first kappa shape index (κ1) is 23.0. The van der Waals surface area contributed by atoms with Gasteiger partial charge in [0.15, 0.2) is 0 Å². The van der Waals surface area contributed by atoms with Crippen molar-refractivity contribution in [3.05, 3.63) is 86.1 Å². The number of aromatic amines is 1. The molecule has 1 unspecified atom stereocenters. The molecule has 176 valence electrons. The maximum absolute atomic E-state index is 12.8. The minimum absolute atomic E-state index is 0.145. The summed E-state index contributed by atoms with van der Waals surface area (Å²) in [6, 6.07) is 13.8. The van der Waals surface area contributed by atoms with E-state index in [1.807, 2.05) is 37.3 Å². The van der Waals surface area contributed by atoms with Gasteiger partial charge in [0.2, 0.25) is 11.8 Å². The average molecular weight is 463 g/mol. The van der Waals surface area contributed by atoms with Gasteiger partial charge in [-0.15, -0.1) is 0 Å². The van der Waals surface area contributed by atoms with Gasteiger partial charge in [-0.05, 0) is 31.5 Å². The Morgan fingerprint density at radius 2 is 1.85 bits per heavy atom. The molecular weight excluding hydrogens is 436 g/mol. The van der Waals surface area contributed by atoms with E-state index in [0.717, 1.165) is 15.7 Å². The van der Waals surface area contributed by atoms with Crippen LogP contribution in [0.1, 0.15) is 49.4 Å². The van der Waals surface area contributed by atoms with E-state index in [1.165, 1.54) is 5.01 Å². The van der Waals surface area contributed by atoms with Crippen molar-refractivity contribution < 1.29 is 14.6 Å². The summed E-state index contributed by atoms with van der Waals surface area (Å²) >= 11 is 0. The van der Waals surface area contributed by atoms with Gasteiger partial charge in [0, 0.05) is 18.4 Å². The lowest BCUT2D eigenvalue weighted by Gasteiger charge is -2.23. The van der Waals surface area contributed by atoms with Crippen molar-refractivity contribution in [3.63, 3.8) is 0 Å². The van der Waals surface area contributed by atoms with Crippen LogP contribution in [-0.2, 0) is 4.79 Å². The Balaban J connectivity index is 1.87. The Labute approximate surface area is 195 Å². The molecule has 2 N–H and O–H groups in total. The number of nitrogens with one attached hydrogen (secondary N) is 1. The van der Waals surface area contributed by atoms with Crippen LogP contribution in [0.25, 0.3) is 5.69 Å². The van der Waals surface area contributed by atoms with Gasteiger partial charge in [-0.3, -0.25) is 14.6 Å². The van der Waals surface area contributed by atoms with Gasteiger partial charge >= 0.3 is 5.69 Å². The molecule has 1 atom stereocenters. The number of aromatic hydroxyl groups is 1. The number of hydrogen-bond acceptors (Lipinski definition) is 6. The molecule has 4 rings (SSSR count).